The maximum atomic E-state index is 11.8. The van der Waals surface area contributed by atoms with E-state index in [0.717, 1.165) is 39.4 Å². The van der Waals surface area contributed by atoms with Crippen LogP contribution in [0.4, 0.5) is 16.3 Å². The normalized spacial score (nSPS) is 11.6. The average molecular weight is 487 g/mol. The Balaban J connectivity index is 1.43. The van der Waals surface area contributed by atoms with Crippen LogP contribution < -0.4 is 15.4 Å². The van der Waals surface area contributed by atoms with E-state index in [1.54, 1.807) is 6.20 Å². The van der Waals surface area contributed by atoms with Gasteiger partial charge in [0.25, 0.3) is 0 Å². The van der Waals surface area contributed by atoms with Crippen LogP contribution in [0.2, 0.25) is 0 Å². The van der Waals surface area contributed by atoms with Crippen LogP contribution in [-0.4, -0.2) is 38.2 Å². The molecule has 9 heteroatoms. The molecule has 0 unspecified atom stereocenters. The van der Waals surface area contributed by atoms with Crippen LogP contribution in [0, 0.1) is 13.8 Å². The molecule has 3 aromatic heterocycles. The van der Waals surface area contributed by atoms with Gasteiger partial charge in [-0.05, 0) is 82.7 Å². The van der Waals surface area contributed by atoms with E-state index in [2.05, 4.69) is 30.6 Å². The summed E-state index contributed by atoms with van der Waals surface area (Å²) in [6, 6.07) is 11.6. The summed E-state index contributed by atoms with van der Waals surface area (Å²) in [5.74, 6) is 2.10. The predicted octanol–water partition coefficient (Wildman–Crippen LogP) is 6.04. The van der Waals surface area contributed by atoms with E-state index in [-0.39, 0.29) is 0 Å². The molecule has 0 aliphatic heterocycles. The van der Waals surface area contributed by atoms with Gasteiger partial charge < -0.3 is 25.1 Å². The smallest absolute Gasteiger partial charge is 0.407 e. The number of rotatable bonds is 7. The van der Waals surface area contributed by atoms with Crippen molar-refractivity contribution in [1.29, 1.82) is 0 Å². The molecule has 4 rings (SSSR count). The monoisotopic (exact) mass is 486 g/mol. The molecule has 0 radical (unpaired) electrons. The van der Waals surface area contributed by atoms with Gasteiger partial charge in [-0.3, -0.25) is 4.98 Å². The molecule has 0 atom stereocenters. The van der Waals surface area contributed by atoms with Gasteiger partial charge in [0.1, 0.15) is 28.9 Å². The number of nitrogens with one attached hydrogen (secondary N) is 3. The van der Waals surface area contributed by atoms with Gasteiger partial charge in [0.2, 0.25) is 0 Å². The number of H-pyrrole nitrogens is 1. The van der Waals surface area contributed by atoms with Crippen molar-refractivity contribution in [3.05, 3.63) is 71.9 Å². The third-order valence-corrected chi connectivity index (χ3v) is 5.05. The largest absolute Gasteiger partial charge is 0.455 e. The third-order valence-electron chi connectivity index (χ3n) is 5.05. The topological polar surface area (TPSA) is 114 Å². The molecular weight excluding hydrogens is 456 g/mol. The van der Waals surface area contributed by atoms with Crippen molar-refractivity contribution >= 4 is 34.7 Å². The molecule has 0 spiro atoms. The number of carbonyl (C=O) groups is 1. The van der Waals surface area contributed by atoms with Crippen molar-refractivity contribution in [3.63, 3.8) is 0 Å². The van der Waals surface area contributed by atoms with Crippen LogP contribution in [0.15, 0.2) is 55.0 Å². The summed E-state index contributed by atoms with van der Waals surface area (Å²) in [5, 5.41) is 6.05. The zero-order valence-electron chi connectivity index (χ0n) is 21.0. The molecule has 1 amide bonds. The van der Waals surface area contributed by atoms with Crippen LogP contribution in [0.5, 0.6) is 11.5 Å². The second-order valence-corrected chi connectivity index (χ2v) is 9.33. The third kappa shape index (κ3) is 6.59. The summed E-state index contributed by atoms with van der Waals surface area (Å²) in [7, 11) is 0. The predicted molar refractivity (Wildman–Crippen MR) is 141 cm³/mol. The van der Waals surface area contributed by atoms with Gasteiger partial charge in [0, 0.05) is 23.6 Å². The van der Waals surface area contributed by atoms with E-state index in [1.807, 2.05) is 83.2 Å². The number of hydrogen-bond acceptors (Lipinski definition) is 7. The van der Waals surface area contributed by atoms with Crippen LogP contribution in [0.1, 0.15) is 37.7 Å². The molecule has 0 saturated carbocycles. The molecule has 0 aliphatic rings. The fourth-order valence-corrected chi connectivity index (χ4v) is 3.41. The van der Waals surface area contributed by atoms with Crippen LogP contribution in [-0.2, 0) is 4.74 Å². The number of fused-ring (bicyclic) bond motifs is 1. The van der Waals surface area contributed by atoms with Crippen LogP contribution in [0.3, 0.4) is 0 Å². The number of nitrogens with zero attached hydrogens (tertiary/aromatic N) is 3. The van der Waals surface area contributed by atoms with Gasteiger partial charge >= 0.3 is 6.09 Å². The first-order valence-electron chi connectivity index (χ1n) is 11.6. The zero-order chi connectivity index (χ0) is 25.7. The molecule has 0 aliphatic carbocycles. The zero-order valence-corrected chi connectivity index (χ0v) is 21.0. The highest BCUT2D eigenvalue weighted by Gasteiger charge is 2.15. The van der Waals surface area contributed by atoms with Crippen LogP contribution >= 0.6 is 0 Å². The maximum Gasteiger partial charge on any atom is 0.407 e. The number of aromatic nitrogens is 4. The summed E-state index contributed by atoms with van der Waals surface area (Å²) >= 11 is 0. The number of pyridine rings is 1. The molecular formula is C27H30N6O3. The molecule has 0 saturated heterocycles. The van der Waals surface area contributed by atoms with Gasteiger partial charge in [-0.2, -0.15) is 0 Å². The quantitative estimate of drug-likeness (QED) is 0.292. The Hall–Kier alpha value is -4.40. The fourth-order valence-electron chi connectivity index (χ4n) is 3.41. The summed E-state index contributed by atoms with van der Waals surface area (Å²) in [5.41, 5.74) is 4.64. The maximum absolute atomic E-state index is 11.8. The number of ether oxygens (including phenoxy) is 2. The average Bonchev–Trinajstić information content (AvgIpc) is 3.23. The van der Waals surface area contributed by atoms with E-state index < -0.39 is 11.7 Å². The highest BCUT2D eigenvalue weighted by atomic mass is 16.6. The van der Waals surface area contributed by atoms with E-state index in [4.69, 9.17) is 9.47 Å². The second-order valence-electron chi connectivity index (χ2n) is 9.33. The van der Waals surface area contributed by atoms with Gasteiger partial charge in [0.05, 0.1) is 11.7 Å². The first kappa shape index (κ1) is 24.7. The van der Waals surface area contributed by atoms with Gasteiger partial charge in [-0.15, -0.1) is 0 Å². The highest BCUT2D eigenvalue weighted by Crippen LogP contribution is 2.29. The Morgan fingerprint density at radius 2 is 1.92 bits per heavy atom. The highest BCUT2D eigenvalue weighted by molar-refractivity contribution is 5.89. The minimum absolute atomic E-state index is 0.341. The summed E-state index contributed by atoms with van der Waals surface area (Å²) in [6.45, 7) is 9.74. The summed E-state index contributed by atoms with van der Waals surface area (Å²) < 4.78 is 11.2. The van der Waals surface area contributed by atoms with Crippen molar-refractivity contribution in [2.45, 2.75) is 40.2 Å². The van der Waals surface area contributed by atoms with Gasteiger partial charge in [0.15, 0.2) is 5.82 Å². The Bertz CT molecular complexity index is 1390. The standard InChI is InChI=1S/C27H30N6O3/c1-17-13-20(9-11-23(17)35-21-10-8-18(2)29-15-21)33-25-24-22(30-16-31-25)14-19(32-24)7-6-12-28-26(34)36-27(3,4)5/h6-11,13-16,32H,12H2,1-5H3,(H,28,34)(H,30,31,33)/b7-6+. The number of aromatic amines is 1. The number of alkyl carbamates (subject to hydrolysis) is 1. The molecule has 36 heavy (non-hydrogen) atoms. The number of benzene rings is 1. The lowest BCUT2D eigenvalue weighted by atomic mass is 10.2. The van der Waals surface area contributed by atoms with E-state index >= 15 is 0 Å². The lowest BCUT2D eigenvalue weighted by Crippen LogP contribution is -2.32. The number of carbonyl (C=O) groups excluding carboxylic acids is 1. The first-order valence-corrected chi connectivity index (χ1v) is 11.6. The second kappa shape index (κ2) is 10.5. The van der Waals surface area contributed by atoms with Crippen molar-refractivity contribution in [3.8, 4) is 11.5 Å². The number of hydrogen-bond donors (Lipinski definition) is 3. The minimum atomic E-state index is -0.530. The van der Waals surface area contributed by atoms with Crippen LogP contribution in [0.25, 0.3) is 17.1 Å². The Morgan fingerprint density at radius 3 is 2.64 bits per heavy atom. The van der Waals surface area contributed by atoms with E-state index in [9.17, 15) is 4.79 Å². The lowest BCUT2D eigenvalue weighted by molar-refractivity contribution is 0.0534. The van der Waals surface area contributed by atoms with Gasteiger partial charge in [-0.25, -0.2) is 14.8 Å². The SMILES string of the molecule is Cc1ccc(Oc2ccc(Nc3ncnc4cc(/C=C/CNC(=O)OC(C)(C)C)[nH]c34)cc2C)cn1. The van der Waals surface area contributed by atoms with E-state index in [0.29, 0.717) is 18.1 Å². The number of aryl methyl sites for hydroxylation is 2. The molecule has 0 fully saturated rings. The Morgan fingerprint density at radius 1 is 1.08 bits per heavy atom. The molecule has 4 aromatic rings. The first-order chi connectivity index (χ1) is 17.2. The van der Waals surface area contributed by atoms with E-state index in [1.165, 1.54) is 6.33 Å². The molecule has 186 valence electrons. The van der Waals surface area contributed by atoms with Crippen molar-refractivity contribution < 1.29 is 14.3 Å². The minimum Gasteiger partial charge on any atom is -0.455 e. The molecule has 3 N–H and O–H groups in total. The Kier molecular flexibility index (Phi) is 7.19. The number of anilines is 2. The van der Waals surface area contributed by atoms with Crippen molar-refractivity contribution in [2.75, 3.05) is 11.9 Å². The molecule has 1 aromatic carbocycles. The summed E-state index contributed by atoms with van der Waals surface area (Å²) in [6.07, 6.45) is 6.48. The number of amides is 1. The molecule has 0 bridgehead atoms. The van der Waals surface area contributed by atoms with Crippen molar-refractivity contribution in [1.82, 2.24) is 25.3 Å². The lowest BCUT2D eigenvalue weighted by Gasteiger charge is -2.19. The Labute approximate surface area is 210 Å². The fraction of sp³-hybridized carbons (Fsp3) is 0.259. The molecule has 9 nitrogen and oxygen atoms in total. The molecule has 3 heterocycles. The summed E-state index contributed by atoms with van der Waals surface area (Å²) in [4.78, 5) is 28.1. The van der Waals surface area contributed by atoms with Gasteiger partial charge in [-0.1, -0.05) is 6.08 Å². The van der Waals surface area contributed by atoms with Crippen molar-refractivity contribution in [2.24, 2.45) is 0 Å².